The molecule has 4 atom stereocenters. The van der Waals surface area contributed by atoms with Crippen LogP contribution in [-0.4, -0.2) is 79.4 Å². The summed E-state index contributed by atoms with van der Waals surface area (Å²) in [6, 6.07) is 18.3. The number of hydrogen-bond donors (Lipinski definition) is 1. The number of nitrogens with one attached hydrogen (secondary N) is 1. The first-order chi connectivity index (χ1) is 30.2. The zero-order valence-electron chi connectivity index (χ0n) is 38.4. The molecule has 0 amide bonds. The summed E-state index contributed by atoms with van der Waals surface area (Å²) in [4.78, 5) is 38.9. The van der Waals surface area contributed by atoms with Gasteiger partial charge >= 0.3 is 18.0 Å². The summed E-state index contributed by atoms with van der Waals surface area (Å²) in [7, 11) is 4.32. The van der Waals surface area contributed by atoms with Crippen molar-refractivity contribution in [2.24, 2.45) is 10.8 Å². The number of rotatable bonds is 7. The molecule has 2 saturated heterocycles. The van der Waals surface area contributed by atoms with Gasteiger partial charge in [-0.3, -0.25) is 9.47 Å². The fraction of sp³-hybridized carbons (Fsp3) is 0.540. The van der Waals surface area contributed by atoms with E-state index >= 15 is 0 Å². The molecule has 65 heavy (non-hydrogen) atoms. The van der Waals surface area contributed by atoms with Crippen molar-refractivity contribution in [1.29, 1.82) is 0 Å². The molecule has 2 saturated carbocycles. The van der Waals surface area contributed by atoms with Crippen LogP contribution in [0, 0.1) is 17.8 Å². The molecule has 4 unspecified atom stereocenters. The molecule has 10 nitrogen and oxygen atoms in total. The molecular weight excluding hydrogens is 866 g/mol. The summed E-state index contributed by atoms with van der Waals surface area (Å²) in [5, 5.41) is 4.30. The van der Waals surface area contributed by atoms with Gasteiger partial charge in [0, 0.05) is 61.5 Å². The SMILES string of the molecule is COC(=O)c1ccc(C2CC3(CCN2)CCC(F)(F)C3)cc1.COC(=O)c1ccc(C2CC3(CCN2Cc2c(OC)cc(C)c4c2ccn4C(=O)OC(C)(C)C)CCC(F)(F)C3)cc1.Cl. The lowest BCUT2D eigenvalue weighted by atomic mass is 9.72. The maximum Gasteiger partial charge on any atom is 0.419 e. The number of likely N-dealkylation sites (tertiary alicyclic amines) is 1. The first-order valence-corrected chi connectivity index (χ1v) is 22.2. The van der Waals surface area contributed by atoms with Crippen molar-refractivity contribution in [2.75, 3.05) is 34.4 Å². The molecule has 3 heterocycles. The van der Waals surface area contributed by atoms with Crippen LogP contribution < -0.4 is 10.1 Å². The number of fused-ring (bicyclic) bond motifs is 1. The van der Waals surface area contributed by atoms with Crippen LogP contribution in [-0.2, 0) is 20.8 Å². The molecule has 0 radical (unpaired) electrons. The Labute approximate surface area is 385 Å². The molecule has 3 aromatic carbocycles. The highest BCUT2D eigenvalue weighted by Gasteiger charge is 2.53. The van der Waals surface area contributed by atoms with Gasteiger partial charge < -0.3 is 24.3 Å². The van der Waals surface area contributed by atoms with E-state index in [0.29, 0.717) is 55.6 Å². The van der Waals surface area contributed by atoms with Crippen molar-refractivity contribution in [3.05, 3.63) is 100 Å². The highest BCUT2D eigenvalue weighted by Crippen LogP contribution is 2.57. The number of halogens is 5. The number of aromatic nitrogens is 1. The number of carbonyl (C=O) groups is 3. The van der Waals surface area contributed by atoms with Crippen LogP contribution in [0.25, 0.3) is 10.9 Å². The van der Waals surface area contributed by atoms with Gasteiger partial charge in [-0.05, 0) is 143 Å². The van der Waals surface area contributed by atoms with Gasteiger partial charge in [-0.25, -0.2) is 31.9 Å². The minimum absolute atomic E-state index is 0. The third-order valence-electron chi connectivity index (χ3n) is 13.8. The molecule has 2 aliphatic heterocycles. The standard InChI is InChI=1S/C33H40F2N2O5.C17H21F2NO2.ClH/c1-21-17-27(40-5)25(24-11-15-37(28(21)24)30(39)42-31(2,3)4)19-36-16-14-32(12-13-33(34,35)20-32)18-26(36)22-7-9-23(10-8-22)29(38)41-6;1-22-15(21)13-4-2-12(3-5-13)14-10-16(8-9-20-14)6-7-17(18,19)11-16;/h7-11,15,17,26H,12-14,16,18-20H2,1-6H3;2-5,14,20H,6-11H2,1H3;1H. The number of esters is 2. The Kier molecular flexibility index (Phi) is 14.8. The van der Waals surface area contributed by atoms with Crippen LogP contribution in [0.15, 0.2) is 66.9 Å². The molecule has 2 spiro atoms. The number of nitrogens with zero attached hydrogens (tertiary/aromatic N) is 2. The second-order valence-corrected chi connectivity index (χ2v) is 19.5. The van der Waals surface area contributed by atoms with Gasteiger partial charge in [0.25, 0.3) is 0 Å². The molecule has 2 aliphatic carbocycles. The highest BCUT2D eigenvalue weighted by atomic mass is 35.5. The number of alkyl halides is 4. The van der Waals surface area contributed by atoms with Crippen molar-refractivity contribution in [3.8, 4) is 5.75 Å². The van der Waals surface area contributed by atoms with E-state index in [2.05, 4.69) is 15.0 Å². The number of carbonyl (C=O) groups excluding carboxylic acids is 3. The van der Waals surface area contributed by atoms with E-state index < -0.39 is 34.9 Å². The quantitative estimate of drug-likeness (QED) is 0.110. The lowest BCUT2D eigenvalue weighted by Gasteiger charge is -2.45. The van der Waals surface area contributed by atoms with Crippen LogP contribution in [0.3, 0.4) is 0 Å². The predicted molar refractivity (Wildman–Crippen MR) is 242 cm³/mol. The summed E-state index contributed by atoms with van der Waals surface area (Å²) in [6.07, 6.45) is 5.06. The van der Waals surface area contributed by atoms with Gasteiger partial charge in [0.2, 0.25) is 11.8 Å². The molecule has 0 bridgehead atoms. The molecule has 1 N–H and O–H groups in total. The van der Waals surface area contributed by atoms with Gasteiger partial charge in [-0.1, -0.05) is 24.3 Å². The highest BCUT2D eigenvalue weighted by molar-refractivity contribution is 5.95. The average molecular weight is 929 g/mol. The maximum absolute atomic E-state index is 14.5. The van der Waals surface area contributed by atoms with Gasteiger partial charge in [0.05, 0.1) is 38.0 Å². The Morgan fingerprint density at radius 1 is 0.754 bits per heavy atom. The summed E-state index contributed by atoms with van der Waals surface area (Å²) in [5.74, 6) is -5.23. The van der Waals surface area contributed by atoms with E-state index in [1.165, 1.54) is 18.8 Å². The first-order valence-electron chi connectivity index (χ1n) is 22.2. The van der Waals surface area contributed by atoms with Crippen molar-refractivity contribution in [1.82, 2.24) is 14.8 Å². The van der Waals surface area contributed by atoms with Crippen LogP contribution >= 0.6 is 12.4 Å². The topological polar surface area (TPSA) is 108 Å². The second kappa shape index (κ2) is 19.3. The molecule has 8 rings (SSSR count). The average Bonchev–Trinajstić information content (AvgIpc) is 3.93. The van der Waals surface area contributed by atoms with E-state index in [1.54, 1.807) is 37.6 Å². The second-order valence-electron chi connectivity index (χ2n) is 19.5. The lowest BCUT2D eigenvalue weighted by Crippen LogP contribution is -2.41. The van der Waals surface area contributed by atoms with Crippen molar-refractivity contribution in [2.45, 2.75) is 128 Å². The molecule has 4 fully saturated rings. The molecule has 15 heteroatoms. The van der Waals surface area contributed by atoms with E-state index in [9.17, 15) is 31.9 Å². The van der Waals surface area contributed by atoms with E-state index in [1.807, 2.05) is 64.1 Å². The lowest BCUT2D eigenvalue weighted by molar-refractivity contribution is -0.0236. The number of hydrogen-bond acceptors (Lipinski definition) is 9. The van der Waals surface area contributed by atoms with Crippen molar-refractivity contribution >= 4 is 41.3 Å². The monoisotopic (exact) mass is 927 g/mol. The van der Waals surface area contributed by atoms with Crippen LogP contribution in [0.5, 0.6) is 5.75 Å². The Morgan fingerprint density at radius 2 is 1.31 bits per heavy atom. The minimum atomic E-state index is -2.64. The third kappa shape index (κ3) is 11.1. The number of ether oxygens (including phenoxy) is 4. The van der Waals surface area contributed by atoms with Crippen molar-refractivity contribution < 1.29 is 50.9 Å². The summed E-state index contributed by atoms with van der Waals surface area (Å²) < 4.78 is 78.8. The molecule has 4 aliphatic rings. The largest absolute Gasteiger partial charge is 0.496 e. The van der Waals surface area contributed by atoms with Crippen LogP contribution in [0.2, 0.25) is 0 Å². The minimum Gasteiger partial charge on any atom is -0.496 e. The van der Waals surface area contributed by atoms with Crippen LogP contribution in [0.4, 0.5) is 22.4 Å². The normalized spacial score (nSPS) is 24.8. The summed E-state index contributed by atoms with van der Waals surface area (Å²) >= 11 is 0. The smallest absolute Gasteiger partial charge is 0.419 e. The summed E-state index contributed by atoms with van der Waals surface area (Å²) in [5.41, 5.74) is 4.19. The maximum atomic E-state index is 14.5. The number of benzene rings is 3. The first kappa shape index (κ1) is 49.8. The van der Waals surface area contributed by atoms with Gasteiger partial charge in [-0.15, -0.1) is 12.4 Å². The third-order valence-corrected chi connectivity index (χ3v) is 13.8. The zero-order chi connectivity index (χ0) is 46.2. The Morgan fingerprint density at radius 3 is 1.82 bits per heavy atom. The van der Waals surface area contributed by atoms with E-state index in [4.69, 9.17) is 14.2 Å². The van der Waals surface area contributed by atoms with Gasteiger partial charge in [0.15, 0.2) is 0 Å². The summed E-state index contributed by atoms with van der Waals surface area (Å²) in [6.45, 7) is 9.32. The van der Waals surface area contributed by atoms with Crippen LogP contribution in [0.1, 0.15) is 140 Å². The fourth-order valence-corrected chi connectivity index (χ4v) is 10.7. The predicted octanol–water partition coefficient (Wildman–Crippen LogP) is 11.8. The fourth-order valence-electron chi connectivity index (χ4n) is 10.7. The zero-order valence-corrected chi connectivity index (χ0v) is 39.2. The Balaban J connectivity index is 0.000000256. The van der Waals surface area contributed by atoms with E-state index in [0.717, 1.165) is 52.5 Å². The van der Waals surface area contributed by atoms with Gasteiger partial charge in [-0.2, -0.15) is 0 Å². The van der Waals surface area contributed by atoms with Crippen molar-refractivity contribution in [3.63, 3.8) is 0 Å². The number of aryl methyl sites for hydroxylation is 1. The Hall–Kier alpha value is -4.66. The molecule has 4 aromatic rings. The molecular formula is C50H62ClF4N3O7. The number of methoxy groups -OCH3 is 3. The Bertz CT molecular complexity index is 2350. The van der Waals surface area contributed by atoms with Gasteiger partial charge in [0.1, 0.15) is 11.4 Å². The molecule has 354 valence electrons. The molecule has 1 aromatic heterocycles. The number of piperidine rings is 2. The van der Waals surface area contributed by atoms with E-state index in [-0.39, 0.29) is 61.6 Å².